The Bertz CT molecular complexity index is 1530. The van der Waals surface area contributed by atoms with Crippen LogP contribution in [0.4, 0.5) is 4.39 Å². The van der Waals surface area contributed by atoms with Crippen LogP contribution in [0.1, 0.15) is 11.4 Å². The van der Waals surface area contributed by atoms with E-state index in [1.54, 1.807) is 26.4 Å². The van der Waals surface area contributed by atoms with Crippen LogP contribution in [-0.4, -0.2) is 39.0 Å². The summed E-state index contributed by atoms with van der Waals surface area (Å²) in [7, 11) is 3.30. The van der Waals surface area contributed by atoms with Crippen molar-refractivity contribution in [3.05, 3.63) is 80.1 Å². The molecule has 0 aliphatic carbocycles. The van der Waals surface area contributed by atoms with Gasteiger partial charge in [0.1, 0.15) is 22.7 Å². The average Bonchev–Trinajstić information content (AvgIpc) is 3.21. The van der Waals surface area contributed by atoms with Crippen LogP contribution in [0.3, 0.4) is 0 Å². The molecule has 0 aliphatic rings. The van der Waals surface area contributed by atoms with E-state index < -0.39 is 0 Å². The lowest BCUT2D eigenvalue weighted by Crippen LogP contribution is -2.11. The highest BCUT2D eigenvalue weighted by molar-refractivity contribution is 6.28. The number of nitrogens with zero attached hydrogens (tertiary/aromatic N) is 6. The Morgan fingerprint density at radius 1 is 0.938 bits per heavy atom. The minimum Gasteiger partial charge on any atom is -0.292 e. The van der Waals surface area contributed by atoms with E-state index in [4.69, 9.17) is 11.6 Å². The topological polar surface area (TPSA) is 127 Å². The number of H-pyrrole nitrogens is 2. The molecule has 0 saturated carbocycles. The van der Waals surface area contributed by atoms with E-state index in [1.807, 2.05) is 6.07 Å². The minimum absolute atomic E-state index is 0.129. The van der Waals surface area contributed by atoms with Crippen LogP contribution in [0.15, 0.2) is 46.2 Å². The second-order valence-electron chi connectivity index (χ2n) is 7.00. The number of aromatic amines is 2. The van der Waals surface area contributed by atoms with Gasteiger partial charge in [-0.25, -0.2) is 28.9 Å². The van der Waals surface area contributed by atoms with Crippen molar-refractivity contribution in [1.82, 2.24) is 39.0 Å². The summed E-state index contributed by atoms with van der Waals surface area (Å²) in [5.41, 5.74) is 2.77. The molecule has 32 heavy (non-hydrogen) atoms. The lowest BCUT2D eigenvalue weighted by atomic mass is 10.1. The summed E-state index contributed by atoms with van der Waals surface area (Å²) < 4.78 is 16.0. The van der Waals surface area contributed by atoms with Crippen molar-refractivity contribution in [3.63, 3.8) is 0 Å². The fraction of sp³-hybridized carbons (Fsp3) is 0.200. The van der Waals surface area contributed by atoms with Gasteiger partial charge in [-0.05, 0) is 35.7 Å². The SMILES string of the molecule is Cn1c(=O)[nH]c2nc(CCc3cccc(F)c3)ncc21.Cn1c(=O)[nH]c2nc(Cl)ncc21. The summed E-state index contributed by atoms with van der Waals surface area (Å²) in [5, 5.41) is 0.129. The van der Waals surface area contributed by atoms with Crippen LogP contribution in [0.5, 0.6) is 0 Å². The summed E-state index contributed by atoms with van der Waals surface area (Å²) >= 11 is 5.53. The Morgan fingerprint density at radius 3 is 2.22 bits per heavy atom. The Kier molecular flexibility index (Phi) is 5.82. The summed E-state index contributed by atoms with van der Waals surface area (Å²) in [6.07, 6.45) is 4.38. The van der Waals surface area contributed by atoms with Gasteiger partial charge in [-0.3, -0.25) is 19.1 Å². The van der Waals surface area contributed by atoms with Gasteiger partial charge >= 0.3 is 11.4 Å². The van der Waals surface area contributed by atoms with Crippen molar-refractivity contribution >= 4 is 33.9 Å². The van der Waals surface area contributed by atoms with Gasteiger partial charge in [0.05, 0.1) is 12.4 Å². The molecule has 4 aromatic heterocycles. The largest absolute Gasteiger partial charge is 0.327 e. The van der Waals surface area contributed by atoms with Crippen molar-refractivity contribution < 1.29 is 4.39 Å². The molecular formula is C20H18ClFN8O2. The molecule has 0 atom stereocenters. The third-order valence-corrected chi connectivity index (χ3v) is 5.05. The van der Waals surface area contributed by atoms with Crippen molar-refractivity contribution in [3.8, 4) is 0 Å². The van der Waals surface area contributed by atoms with E-state index in [0.717, 1.165) is 5.56 Å². The predicted octanol–water partition coefficient (Wildman–Crippen LogP) is 1.89. The van der Waals surface area contributed by atoms with Gasteiger partial charge in [-0.2, -0.15) is 4.98 Å². The molecule has 2 N–H and O–H groups in total. The Morgan fingerprint density at radius 2 is 1.56 bits per heavy atom. The van der Waals surface area contributed by atoms with Crippen LogP contribution in [0.2, 0.25) is 5.28 Å². The predicted molar refractivity (Wildman–Crippen MR) is 117 cm³/mol. The molecule has 5 rings (SSSR count). The molecule has 0 fully saturated rings. The number of aryl methyl sites for hydroxylation is 4. The quantitative estimate of drug-likeness (QED) is 0.399. The summed E-state index contributed by atoms with van der Waals surface area (Å²) in [6, 6.07) is 6.47. The van der Waals surface area contributed by atoms with E-state index >= 15 is 0 Å². The molecule has 5 aromatic rings. The third kappa shape index (κ3) is 4.42. The maximum absolute atomic E-state index is 13.1. The third-order valence-electron chi connectivity index (χ3n) is 4.87. The number of hydrogen-bond acceptors (Lipinski definition) is 6. The summed E-state index contributed by atoms with van der Waals surface area (Å²) in [5.74, 6) is 0.384. The van der Waals surface area contributed by atoms with Crippen molar-refractivity contribution in [2.45, 2.75) is 12.8 Å². The van der Waals surface area contributed by atoms with Crippen molar-refractivity contribution in [1.29, 1.82) is 0 Å². The Balaban J connectivity index is 0.000000174. The highest BCUT2D eigenvalue weighted by Gasteiger charge is 2.07. The van der Waals surface area contributed by atoms with E-state index in [2.05, 4.69) is 29.9 Å². The number of hydrogen-bond donors (Lipinski definition) is 2. The minimum atomic E-state index is -0.244. The van der Waals surface area contributed by atoms with Crippen LogP contribution in [0.25, 0.3) is 22.3 Å². The van der Waals surface area contributed by atoms with Gasteiger partial charge in [0.25, 0.3) is 0 Å². The van der Waals surface area contributed by atoms with Crippen LogP contribution >= 0.6 is 11.6 Å². The second-order valence-corrected chi connectivity index (χ2v) is 7.34. The average molecular weight is 457 g/mol. The van der Waals surface area contributed by atoms with Gasteiger partial charge in [-0.15, -0.1) is 0 Å². The Hall–Kier alpha value is -3.86. The first-order chi connectivity index (χ1) is 15.3. The van der Waals surface area contributed by atoms with Gasteiger partial charge in [0.2, 0.25) is 5.28 Å². The van der Waals surface area contributed by atoms with Gasteiger partial charge in [0, 0.05) is 20.5 Å². The van der Waals surface area contributed by atoms with Gasteiger partial charge in [-0.1, -0.05) is 12.1 Å². The second kappa shape index (κ2) is 8.71. The highest BCUT2D eigenvalue weighted by atomic mass is 35.5. The number of benzene rings is 1. The number of imidazole rings is 2. The van der Waals surface area contributed by atoms with Gasteiger partial charge < -0.3 is 0 Å². The van der Waals surface area contributed by atoms with Crippen molar-refractivity contribution in [2.75, 3.05) is 0 Å². The molecule has 1 aromatic carbocycles. The molecule has 0 amide bonds. The molecule has 0 saturated heterocycles. The van der Waals surface area contributed by atoms with E-state index in [-0.39, 0.29) is 22.5 Å². The molecule has 0 spiro atoms. The Labute approximate surface area is 184 Å². The van der Waals surface area contributed by atoms with Crippen molar-refractivity contribution in [2.24, 2.45) is 14.1 Å². The first-order valence-electron chi connectivity index (χ1n) is 9.54. The molecule has 0 bridgehead atoms. The molecular weight excluding hydrogens is 439 g/mol. The molecule has 0 aliphatic heterocycles. The molecule has 12 heteroatoms. The van der Waals surface area contributed by atoms with E-state index in [9.17, 15) is 14.0 Å². The monoisotopic (exact) mass is 456 g/mol. The van der Waals surface area contributed by atoms with Crippen LogP contribution < -0.4 is 11.4 Å². The zero-order valence-corrected chi connectivity index (χ0v) is 17.9. The zero-order valence-electron chi connectivity index (χ0n) is 17.1. The molecule has 4 heterocycles. The van der Waals surface area contributed by atoms with Crippen LogP contribution in [-0.2, 0) is 26.9 Å². The van der Waals surface area contributed by atoms with E-state index in [1.165, 1.54) is 27.5 Å². The molecule has 0 unspecified atom stereocenters. The summed E-state index contributed by atoms with van der Waals surface area (Å²) in [4.78, 5) is 43.9. The standard InChI is InChI=1S/C14H13FN4O.C6H5ClN4O/c1-19-11-8-16-12(17-13(11)18-14(19)20)6-5-9-3-2-4-10(15)7-9;1-11-3-2-8-5(7)9-4(3)10-6(11)12/h2-4,7-8H,5-6H2,1H3,(H,16,17,18,20);2H,1H3,(H,8,9,10,12). The van der Waals surface area contributed by atoms with Gasteiger partial charge in [0.15, 0.2) is 11.3 Å². The smallest absolute Gasteiger partial charge is 0.292 e. The number of halogens is 2. The number of aromatic nitrogens is 8. The first-order valence-corrected chi connectivity index (χ1v) is 9.92. The fourth-order valence-corrected chi connectivity index (χ4v) is 3.23. The molecule has 0 radical (unpaired) electrons. The van der Waals surface area contributed by atoms with Crippen LogP contribution in [0, 0.1) is 5.82 Å². The molecule has 164 valence electrons. The fourth-order valence-electron chi connectivity index (χ4n) is 3.10. The number of rotatable bonds is 3. The number of fused-ring (bicyclic) bond motifs is 2. The number of nitrogens with one attached hydrogen (secondary N) is 2. The molecule has 10 nitrogen and oxygen atoms in total. The maximum atomic E-state index is 13.1. The lowest BCUT2D eigenvalue weighted by molar-refractivity contribution is 0.625. The highest BCUT2D eigenvalue weighted by Crippen LogP contribution is 2.09. The maximum Gasteiger partial charge on any atom is 0.327 e. The summed E-state index contributed by atoms with van der Waals surface area (Å²) in [6.45, 7) is 0. The normalized spacial score (nSPS) is 11.0. The zero-order chi connectivity index (χ0) is 22.8. The lowest BCUT2D eigenvalue weighted by Gasteiger charge is -2.01. The first kappa shape index (κ1) is 21.4. The van der Waals surface area contributed by atoms with E-state index in [0.29, 0.717) is 41.0 Å².